The molecule has 0 radical (unpaired) electrons. The Bertz CT molecular complexity index is 488. The Labute approximate surface area is 94.6 Å². The maximum atomic E-state index is 8.58. The molecule has 1 aliphatic carbocycles. The van der Waals surface area contributed by atoms with Gasteiger partial charge < -0.3 is 10.7 Å². The summed E-state index contributed by atoms with van der Waals surface area (Å²) in [6.07, 6.45) is 5.46. The van der Waals surface area contributed by atoms with Gasteiger partial charge in [-0.1, -0.05) is 18.2 Å². The van der Waals surface area contributed by atoms with Crippen molar-refractivity contribution in [1.29, 1.82) is 0 Å². The number of aryl methyl sites for hydroxylation is 2. The standard InChI is InChI=1S/C12H13N.CH3NO/c1-3-7-11-9(5-1)10-6-2-4-8-12(10)13-11;2-1-3/h1,3,5,7,13H,2,4,6,8H2;1H,(H2,2,3). The molecule has 0 bridgehead atoms. The summed E-state index contributed by atoms with van der Waals surface area (Å²) in [5.74, 6) is 0. The molecule has 0 saturated heterocycles. The largest absolute Gasteiger partial charge is 0.372 e. The number of aromatic nitrogens is 1. The van der Waals surface area contributed by atoms with Crippen molar-refractivity contribution in [1.82, 2.24) is 4.98 Å². The Morgan fingerprint density at radius 2 is 1.88 bits per heavy atom. The van der Waals surface area contributed by atoms with E-state index in [1.165, 1.54) is 42.3 Å². The number of benzene rings is 1. The van der Waals surface area contributed by atoms with Crippen LogP contribution in [0.15, 0.2) is 24.3 Å². The minimum absolute atomic E-state index is 0.250. The third kappa shape index (κ3) is 1.94. The smallest absolute Gasteiger partial charge is 0.204 e. The van der Waals surface area contributed by atoms with Gasteiger partial charge in [0.25, 0.3) is 0 Å². The van der Waals surface area contributed by atoms with Crippen LogP contribution in [0.25, 0.3) is 10.9 Å². The number of amides is 1. The van der Waals surface area contributed by atoms with E-state index in [1.54, 1.807) is 5.56 Å². The second-order valence-corrected chi connectivity index (χ2v) is 3.97. The zero-order valence-electron chi connectivity index (χ0n) is 9.20. The number of hydrogen-bond acceptors (Lipinski definition) is 1. The maximum absolute atomic E-state index is 8.58. The Balaban J connectivity index is 0.000000292. The van der Waals surface area contributed by atoms with Crippen LogP contribution in [0.2, 0.25) is 0 Å². The van der Waals surface area contributed by atoms with Gasteiger partial charge in [0.05, 0.1) is 0 Å². The van der Waals surface area contributed by atoms with E-state index in [2.05, 4.69) is 35.0 Å². The highest BCUT2D eigenvalue weighted by Crippen LogP contribution is 2.28. The number of carbonyl (C=O) groups is 1. The Morgan fingerprint density at radius 3 is 2.69 bits per heavy atom. The first kappa shape index (κ1) is 10.7. The number of rotatable bonds is 0. The van der Waals surface area contributed by atoms with Gasteiger partial charge >= 0.3 is 0 Å². The monoisotopic (exact) mass is 216 g/mol. The number of para-hydroxylation sites is 1. The molecule has 1 heterocycles. The van der Waals surface area contributed by atoms with Gasteiger partial charge in [-0.2, -0.15) is 0 Å². The van der Waals surface area contributed by atoms with Gasteiger partial charge in [-0.25, -0.2) is 0 Å². The molecule has 1 aromatic carbocycles. The lowest BCUT2D eigenvalue weighted by Gasteiger charge is -2.10. The molecule has 1 amide bonds. The Kier molecular flexibility index (Phi) is 3.25. The second kappa shape index (κ2) is 4.84. The summed E-state index contributed by atoms with van der Waals surface area (Å²) in [5.41, 5.74) is 8.53. The van der Waals surface area contributed by atoms with Gasteiger partial charge in [0.15, 0.2) is 0 Å². The van der Waals surface area contributed by atoms with Gasteiger partial charge in [0.2, 0.25) is 6.41 Å². The topological polar surface area (TPSA) is 58.9 Å². The lowest BCUT2D eigenvalue weighted by atomic mass is 9.96. The number of carbonyl (C=O) groups excluding carboxylic acids is 1. The van der Waals surface area contributed by atoms with Crippen LogP contribution in [0.4, 0.5) is 0 Å². The minimum Gasteiger partial charge on any atom is -0.372 e. The van der Waals surface area contributed by atoms with Crippen LogP contribution in [-0.4, -0.2) is 11.4 Å². The number of primary amides is 1. The van der Waals surface area contributed by atoms with Crippen molar-refractivity contribution in [3.05, 3.63) is 35.5 Å². The van der Waals surface area contributed by atoms with Crippen molar-refractivity contribution in [2.75, 3.05) is 0 Å². The third-order valence-corrected chi connectivity index (χ3v) is 3.01. The van der Waals surface area contributed by atoms with Gasteiger partial charge in [-0.05, 0) is 37.3 Å². The second-order valence-electron chi connectivity index (χ2n) is 3.97. The van der Waals surface area contributed by atoms with E-state index in [0.717, 1.165) is 0 Å². The van der Waals surface area contributed by atoms with Crippen molar-refractivity contribution in [2.45, 2.75) is 25.7 Å². The Hall–Kier alpha value is -1.77. The van der Waals surface area contributed by atoms with E-state index >= 15 is 0 Å². The molecular weight excluding hydrogens is 200 g/mol. The first-order valence-corrected chi connectivity index (χ1v) is 5.60. The van der Waals surface area contributed by atoms with E-state index in [1.807, 2.05) is 0 Å². The maximum Gasteiger partial charge on any atom is 0.204 e. The molecule has 0 unspecified atom stereocenters. The molecule has 1 aromatic heterocycles. The van der Waals surface area contributed by atoms with Gasteiger partial charge in [0.1, 0.15) is 0 Å². The lowest BCUT2D eigenvalue weighted by Crippen LogP contribution is -1.99. The fourth-order valence-electron chi connectivity index (χ4n) is 2.36. The number of nitrogens with one attached hydrogen (secondary N) is 1. The van der Waals surface area contributed by atoms with Crippen molar-refractivity contribution in [3.8, 4) is 0 Å². The van der Waals surface area contributed by atoms with Crippen LogP contribution in [0.3, 0.4) is 0 Å². The van der Waals surface area contributed by atoms with Crippen LogP contribution in [0.1, 0.15) is 24.1 Å². The molecule has 1 aliphatic rings. The van der Waals surface area contributed by atoms with Crippen LogP contribution in [-0.2, 0) is 17.6 Å². The molecule has 0 saturated carbocycles. The molecule has 0 spiro atoms. The normalized spacial score (nSPS) is 13.8. The zero-order chi connectivity index (χ0) is 11.4. The highest BCUT2D eigenvalue weighted by molar-refractivity contribution is 5.84. The van der Waals surface area contributed by atoms with Crippen LogP contribution < -0.4 is 5.73 Å². The van der Waals surface area contributed by atoms with Crippen molar-refractivity contribution < 1.29 is 4.79 Å². The van der Waals surface area contributed by atoms with E-state index < -0.39 is 0 Å². The van der Waals surface area contributed by atoms with Gasteiger partial charge in [0, 0.05) is 16.6 Å². The predicted octanol–water partition coefficient (Wildman–Crippen LogP) is 2.15. The molecule has 0 fully saturated rings. The van der Waals surface area contributed by atoms with Crippen molar-refractivity contribution in [3.63, 3.8) is 0 Å². The quantitative estimate of drug-likeness (QED) is 0.651. The number of hydrogen-bond donors (Lipinski definition) is 2. The zero-order valence-corrected chi connectivity index (χ0v) is 9.20. The molecule has 84 valence electrons. The highest BCUT2D eigenvalue weighted by Gasteiger charge is 2.13. The fourth-order valence-corrected chi connectivity index (χ4v) is 2.36. The molecule has 16 heavy (non-hydrogen) atoms. The molecule has 0 atom stereocenters. The highest BCUT2D eigenvalue weighted by atomic mass is 16.1. The predicted molar refractivity (Wildman–Crippen MR) is 65.2 cm³/mol. The van der Waals surface area contributed by atoms with E-state index in [0.29, 0.717) is 0 Å². The average Bonchev–Trinajstić information content (AvgIpc) is 2.68. The lowest BCUT2D eigenvalue weighted by molar-refractivity contribution is -0.106. The molecular formula is C13H16N2O. The van der Waals surface area contributed by atoms with Crippen LogP contribution >= 0.6 is 0 Å². The molecule has 2 aromatic rings. The summed E-state index contributed by atoms with van der Waals surface area (Å²) in [5, 5.41) is 1.44. The number of aromatic amines is 1. The third-order valence-electron chi connectivity index (χ3n) is 3.01. The molecule has 0 aliphatic heterocycles. The SMILES string of the molecule is NC=O.c1ccc2c3c([nH]c2c1)CCCC3. The number of nitrogens with two attached hydrogens (primary N) is 1. The number of fused-ring (bicyclic) bond motifs is 3. The van der Waals surface area contributed by atoms with E-state index in [9.17, 15) is 0 Å². The molecule has 3 nitrogen and oxygen atoms in total. The van der Waals surface area contributed by atoms with Crippen molar-refractivity contribution >= 4 is 17.3 Å². The summed E-state index contributed by atoms with van der Waals surface area (Å²) < 4.78 is 0. The summed E-state index contributed by atoms with van der Waals surface area (Å²) in [6, 6.07) is 8.64. The first-order chi connectivity index (χ1) is 7.86. The minimum atomic E-state index is 0.250. The fraction of sp³-hybridized carbons (Fsp3) is 0.308. The molecule has 3 heteroatoms. The average molecular weight is 216 g/mol. The first-order valence-electron chi connectivity index (χ1n) is 5.60. The summed E-state index contributed by atoms with van der Waals surface area (Å²) in [4.78, 5) is 12.1. The molecule has 3 N–H and O–H groups in total. The van der Waals surface area contributed by atoms with Crippen LogP contribution in [0.5, 0.6) is 0 Å². The summed E-state index contributed by atoms with van der Waals surface area (Å²) >= 11 is 0. The summed E-state index contributed by atoms with van der Waals surface area (Å²) in [6.45, 7) is 0. The number of H-pyrrole nitrogens is 1. The van der Waals surface area contributed by atoms with Gasteiger partial charge in [-0.3, -0.25) is 4.79 Å². The van der Waals surface area contributed by atoms with Crippen LogP contribution in [0, 0.1) is 0 Å². The van der Waals surface area contributed by atoms with E-state index in [-0.39, 0.29) is 6.41 Å². The molecule has 3 rings (SSSR count). The van der Waals surface area contributed by atoms with E-state index in [4.69, 9.17) is 4.79 Å². The Morgan fingerprint density at radius 1 is 1.19 bits per heavy atom. The van der Waals surface area contributed by atoms with Crippen molar-refractivity contribution in [2.24, 2.45) is 5.73 Å². The van der Waals surface area contributed by atoms with Gasteiger partial charge in [-0.15, -0.1) is 0 Å². The summed E-state index contributed by atoms with van der Waals surface area (Å²) in [7, 11) is 0.